The molecule has 0 spiro atoms. The highest BCUT2D eigenvalue weighted by Crippen LogP contribution is 2.16. The molecular formula is C11H12N3O+. The number of aromatic amines is 1. The lowest BCUT2D eigenvalue weighted by molar-refractivity contribution is -0.671. The number of nitrogen functional groups attached to an aromatic ring is 1. The maximum absolute atomic E-state index is 11.1. The van der Waals surface area contributed by atoms with Crippen LogP contribution in [-0.2, 0) is 7.05 Å². The number of nitrogens with two attached hydrogens (primary N) is 1. The molecule has 0 atom stereocenters. The Kier molecular flexibility index (Phi) is 2.25. The van der Waals surface area contributed by atoms with Crippen LogP contribution in [0.3, 0.4) is 0 Å². The van der Waals surface area contributed by atoms with Crippen LogP contribution in [-0.4, -0.2) is 4.98 Å². The summed E-state index contributed by atoms with van der Waals surface area (Å²) in [5.74, 6) is 0. The number of hydrogen-bond acceptors (Lipinski definition) is 2. The van der Waals surface area contributed by atoms with E-state index in [0.29, 0.717) is 0 Å². The van der Waals surface area contributed by atoms with Crippen molar-refractivity contribution in [3.63, 3.8) is 0 Å². The first-order chi connectivity index (χ1) is 7.16. The molecule has 0 aliphatic carbocycles. The molecular weight excluding hydrogens is 190 g/mol. The minimum Gasteiger partial charge on any atom is -0.394 e. The van der Waals surface area contributed by atoms with E-state index in [9.17, 15) is 4.79 Å². The Morgan fingerprint density at radius 2 is 1.93 bits per heavy atom. The molecule has 0 bridgehead atoms. The Hall–Kier alpha value is -2.10. The summed E-state index contributed by atoms with van der Waals surface area (Å²) in [4.78, 5) is 13.7. The quantitative estimate of drug-likeness (QED) is 0.659. The van der Waals surface area contributed by atoms with Crippen molar-refractivity contribution in [2.24, 2.45) is 7.05 Å². The molecule has 0 unspecified atom stereocenters. The molecule has 4 nitrogen and oxygen atoms in total. The maximum atomic E-state index is 11.1. The lowest BCUT2D eigenvalue weighted by atomic mass is 10.1. The van der Waals surface area contributed by atoms with E-state index < -0.39 is 0 Å². The Morgan fingerprint density at radius 3 is 2.53 bits per heavy atom. The third kappa shape index (κ3) is 1.88. The molecule has 0 saturated carbocycles. The number of anilines is 1. The molecule has 0 aliphatic heterocycles. The molecule has 3 N–H and O–H groups in total. The van der Waals surface area contributed by atoms with E-state index in [-0.39, 0.29) is 11.2 Å². The minimum absolute atomic E-state index is 0.237. The molecule has 2 heterocycles. The van der Waals surface area contributed by atoms with Crippen molar-refractivity contribution in [2.45, 2.75) is 0 Å². The van der Waals surface area contributed by atoms with E-state index in [1.807, 2.05) is 36.1 Å². The molecule has 0 saturated heterocycles. The second-order valence-electron chi connectivity index (χ2n) is 3.43. The summed E-state index contributed by atoms with van der Waals surface area (Å²) in [6.45, 7) is 0. The Balaban J connectivity index is 2.50. The molecule has 0 amide bonds. The van der Waals surface area contributed by atoms with Crippen molar-refractivity contribution < 1.29 is 4.57 Å². The molecule has 2 aromatic rings. The number of H-pyrrole nitrogens is 1. The topological polar surface area (TPSA) is 62.8 Å². The number of hydrogen-bond donors (Lipinski definition) is 2. The summed E-state index contributed by atoms with van der Waals surface area (Å²) in [5.41, 5.74) is 7.46. The van der Waals surface area contributed by atoms with Crippen LogP contribution in [0, 0.1) is 0 Å². The smallest absolute Gasteiger partial charge is 0.271 e. The zero-order chi connectivity index (χ0) is 10.8. The van der Waals surface area contributed by atoms with Crippen molar-refractivity contribution in [1.82, 2.24) is 4.98 Å². The highest BCUT2D eigenvalue weighted by atomic mass is 16.1. The summed E-state index contributed by atoms with van der Waals surface area (Å²) in [7, 11) is 1.95. The van der Waals surface area contributed by atoms with Crippen LogP contribution in [0.4, 0.5) is 5.69 Å². The van der Waals surface area contributed by atoms with E-state index >= 15 is 0 Å². The zero-order valence-electron chi connectivity index (χ0n) is 8.40. The van der Waals surface area contributed by atoms with Crippen molar-refractivity contribution in [3.05, 3.63) is 47.1 Å². The maximum Gasteiger partial charge on any atom is 0.271 e. The third-order valence-corrected chi connectivity index (χ3v) is 2.24. The number of nitrogens with one attached hydrogen (secondary N) is 1. The third-order valence-electron chi connectivity index (χ3n) is 2.24. The van der Waals surface area contributed by atoms with Gasteiger partial charge < -0.3 is 10.7 Å². The first kappa shape index (κ1) is 9.45. The van der Waals surface area contributed by atoms with E-state index in [1.54, 1.807) is 12.3 Å². The Labute approximate surface area is 87.0 Å². The monoisotopic (exact) mass is 202 g/mol. The van der Waals surface area contributed by atoms with Gasteiger partial charge in [0.25, 0.3) is 5.56 Å². The molecule has 4 heteroatoms. The number of pyridine rings is 2. The summed E-state index contributed by atoms with van der Waals surface area (Å²) >= 11 is 0. The predicted octanol–water partition coefficient (Wildman–Crippen LogP) is 0.449. The van der Waals surface area contributed by atoms with Gasteiger partial charge in [-0.2, -0.15) is 0 Å². The number of aryl methyl sites for hydroxylation is 1. The van der Waals surface area contributed by atoms with Crippen molar-refractivity contribution in [2.75, 3.05) is 5.73 Å². The lowest BCUT2D eigenvalue weighted by Crippen LogP contribution is -2.25. The van der Waals surface area contributed by atoms with Crippen LogP contribution >= 0.6 is 0 Å². The van der Waals surface area contributed by atoms with Crippen molar-refractivity contribution in [1.29, 1.82) is 0 Å². The van der Waals surface area contributed by atoms with E-state index in [0.717, 1.165) is 11.1 Å². The highest BCUT2D eigenvalue weighted by molar-refractivity contribution is 5.64. The van der Waals surface area contributed by atoms with Crippen molar-refractivity contribution >= 4 is 5.69 Å². The zero-order valence-corrected chi connectivity index (χ0v) is 8.40. The van der Waals surface area contributed by atoms with Crippen LogP contribution < -0.4 is 15.9 Å². The largest absolute Gasteiger partial charge is 0.394 e. The molecule has 0 fully saturated rings. The fraction of sp³-hybridized carbons (Fsp3) is 0.0909. The first-order valence-electron chi connectivity index (χ1n) is 4.61. The van der Waals surface area contributed by atoms with E-state index in [2.05, 4.69) is 4.98 Å². The average molecular weight is 202 g/mol. The molecule has 15 heavy (non-hydrogen) atoms. The van der Waals surface area contributed by atoms with Gasteiger partial charge in [-0.1, -0.05) is 0 Å². The van der Waals surface area contributed by atoms with Crippen LogP contribution in [0.1, 0.15) is 0 Å². The van der Waals surface area contributed by atoms with Crippen LogP contribution in [0.15, 0.2) is 41.6 Å². The van der Waals surface area contributed by atoms with Gasteiger partial charge in [-0.25, -0.2) is 4.57 Å². The van der Waals surface area contributed by atoms with Gasteiger partial charge in [0, 0.05) is 23.9 Å². The number of nitrogens with zero attached hydrogens (tertiary/aromatic N) is 1. The second-order valence-corrected chi connectivity index (χ2v) is 3.43. The number of rotatable bonds is 1. The fourth-order valence-corrected chi connectivity index (χ4v) is 1.36. The normalized spacial score (nSPS) is 10.2. The molecule has 0 aromatic carbocycles. The van der Waals surface area contributed by atoms with Gasteiger partial charge in [-0.15, -0.1) is 0 Å². The average Bonchev–Trinajstić information content (AvgIpc) is 2.23. The summed E-state index contributed by atoms with van der Waals surface area (Å²) in [5, 5.41) is 0. The second kappa shape index (κ2) is 3.57. The standard InChI is InChI=1S/C11H11N3O/c1-14-4-2-8(3-5-14)9-6-10(12)11(15)13-7-9/h2-7H,12H2,1H3/p+1. The molecule has 0 radical (unpaired) electrons. The summed E-state index contributed by atoms with van der Waals surface area (Å²) in [6, 6.07) is 5.61. The lowest BCUT2D eigenvalue weighted by Gasteiger charge is -2.00. The van der Waals surface area contributed by atoms with Gasteiger partial charge in [0.05, 0.1) is 5.69 Å². The summed E-state index contributed by atoms with van der Waals surface area (Å²) < 4.78 is 1.94. The Bertz CT molecular complexity index is 528. The van der Waals surface area contributed by atoms with Gasteiger partial charge in [0.1, 0.15) is 7.05 Å². The van der Waals surface area contributed by atoms with Gasteiger partial charge in [-0.05, 0) is 11.6 Å². The van der Waals surface area contributed by atoms with Crippen LogP contribution in [0.2, 0.25) is 0 Å². The molecule has 2 aromatic heterocycles. The highest BCUT2D eigenvalue weighted by Gasteiger charge is 2.02. The predicted molar refractivity (Wildman–Crippen MR) is 58.1 cm³/mol. The van der Waals surface area contributed by atoms with Crippen LogP contribution in [0.25, 0.3) is 11.1 Å². The molecule has 2 rings (SSSR count). The fourth-order valence-electron chi connectivity index (χ4n) is 1.36. The molecule has 0 aliphatic rings. The van der Waals surface area contributed by atoms with Gasteiger partial charge in [0.15, 0.2) is 12.4 Å². The summed E-state index contributed by atoms with van der Waals surface area (Å²) in [6.07, 6.45) is 5.54. The minimum atomic E-state index is -0.250. The van der Waals surface area contributed by atoms with Crippen molar-refractivity contribution in [3.8, 4) is 11.1 Å². The van der Waals surface area contributed by atoms with Gasteiger partial charge in [-0.3, -0.25) is 4.79 Å². The number of aromatic nitrogens is 2. The van der Waals surface area contributed by atoms with E-state index in [4.69, 9.17) is 5.73 Å². The van der Waals surface area contributed by atoms with Crippen LogP contribution in [0.5, 0.6) is 0 Å². The SMILES string of the molecule is C[n+]1ccc(-c2c[nH]c(=O)c(N)c2)cc1. The Morgan fingerprint density at radius 1 is 1.27 bits per heavy atom. The first-order valence-corrected chi connectivity index (χ1v) is 4.61. The van der Waals surface area contributed by atoms with E-state index in [1.165, 1.54) is 0 Å². The van der Waals surface area contributed by atoms with Gasteiger partial charge in [0.2, 0.25) is 0 Å². The van der Waals surface area contributed by atoms with Gasteiger partial charge >= 0.3 is 0 Å². The molecule has 76 valence electrons.